The van der Waals surface area contributed by atoms with Gasteiger partial charge in [-0.05, 0) is 18.9 Å². The van der Waals surface area contributed by atoms with Crippen molar-refractivity contribution in [2.24, 2.45) is 13.0 Å². The molecule has 3 aromatic rings. The number of rotatable bonds is 4. The summed E-state index contributed by atoms with van der Waals surface area (Å²) in [6.45, 7) is 2.47. The van der Waals surface area contributed by atoms with Crippen LogP contribution in [-0.2, 0) is 31.4 Å². The summed E-state index contributed by atoms with van der Waals surface area (Å²) in [6, 6.07) is 7.76. The van der Waals surface area contributed by atoms with Crippen molar-refractivity contribution in [3.05, 3.63) is 52.0 Å². The number of benzene rings is 1. The molecule has 2 aromatic heterocycles. The third-order valence-electron chi connectivity index (χ3n) is 4.84. The third kappa shape index (κ3) is 3.27. The molecule has 140 valence electrons. The second kappa shape index (κ2) is 6.82. The first-order valence-electron chi connectivity index (χ1n) is 8.82. The molecule has 0 saturated carbocycles. The standard InChI is InChI=1S/C18H20N6O3/c1-11-5-3-4-6-13(11)16-20-15(27-22-16)9-19-17(25)12-7-8-14-21-23(2)18(26)24(14)10-12/h3-6,12H,7-10H2,1-2H3,(H,19,25)/t12-/m1/s1. The summed E-state index contributed by atoms with van der Waals surface area (Å²) < 4.78 is 8.12. The summed E-state index contributed by atoms with van der Waals surface area (Å²) in [5.41, 5.74) is 1.76. The summed E-state index contributed by atoms with van der Waals surface area (Å²) in [5, 5.41) is 11.0. The molecule has 3 heterocycles. The Balaban J connectivity index is 1.40. The zero-order valence-electron chi connectivity index (χ0n) is 15.2. The number of hydrogen-bond acceptors (Lipinski definition) is 6. The van der Waals surface area contributed by atoms with Gasteiger partial charge in [0.1, 0.15) is 5.82 Å². The van der Waals surface area contributed by atoms with Crippen molar-refractivity contribution in [2.45, 2.75) is 32.9 Å². The van der Waals surface area contributed by atoms with E-state index in [4.69, 9.17) is 4.52 Å². The summed E-state index contributed by atoms with van der Waals surface area (Å²) in [7, 11) is 1.62. The van der Waals surface area contributed by atoms with Gasteiger partial charge in [-0.3, -0.25) is 9.36 Å². The molecule has 9 nitrogen and oxygen atoms in total. The number of amides is 1. The smallest absolute Gasteiger partial charge is 0.345 e. The Hall–Kier alpha value is -3.23. The molecule has 0 spiro atoms. The fraction of sp³-hybridized carbons (Fsp3) is 0.389. The van der Waals surface area contributed by atoms with Crippen LogP contribution in [0, 0.1) is 12.8 Å². The number of aromatic nitrogens is 5. The van der Waals surface area contributed by atoms with Gasteiger partial charge in [0.25, 0.3) is 0 Å². The van der Waals surface area contributed by atoms with E-state index < -0.39 is 0 Å². The van der Waals surface area contributed by atoms with Crippen molar-refractivity contribution < 1.29 is 9.32 Å². The van der Waals surface area contributed by atoms with Gasteiger partial charge in [-0.25, -0.2) is 9.48 Å². The molecule has 0 saturated heterocycles. The lowest BCUT2D eigenvalue weighted by molar-refractivity contribution is -0.126. The highest BCUT2D eigenvalue weighted by Crippen LogP contribution is 2.20. The first kappa shape index (κ1) is 17.2. The van der Waals surface area contributed by atoms with Crippen molar-refractivity contribution >= 4 is 5.91 Å². The van der Waals surface area contributed by atoms with Crippen LogP contribution < -0.4 is 11.0 Å². The monoisotopic (exact) mass is 368 g/mol. The quantitative estimate of drug-likeness (QED) is 0.730. The average Bonchev–Trinajstić information content (AvgIpc) is 3.25. The van der Waals surface area contributed by atoms with Crippen LogP contribution in [0.5, 0.6) is 0 Å². The van der Waals surface area contributed by atoms with Gasteiger partial charge in [0.2, 0.25) is 17.6 Å². The molecule has 1 atom stereocenters. The minimum Gasteiger partial charge on any atom is -0.347 e. The van der Waals surface area contributed by atoms with Gasteiger partial charge in [0.05, 0.1) is 12.5 Å². The molecule has 0 unspecified atom stereocenters. The fourth-order valence-corrected chi connectivity index (χ4v) is 3.32. The van der Waals surface area contributed by atoms with Crippen LogP contribution in [0.25, 0.3) is 11.4 Å². The van der Waals surface area contributed by atoms with E-state index in [2.05, 4.69) is 20.6 Å². The van der Waals surface area contributed by atoms with Crippen molar-refractivity contribution in [2.75, 3.05) is 0 Å². The Labute approximate surface area is 155 Å². The predicted molar refractivity (Wildman–Crippen MR) is 95.6 cm³/mol. The maximum atomic E-state index is 12.5. The zero-order valence-corrected chi connectivity index (χ0v) is 15.2. The van der Waals surface area contributed by atoms with Crippen LogP contribution >= 0.6 is 0 Å². The molecule has 0 fully saturated rings. The predicted octanol–water partition coefficient (Wildman–Crippen LogP) is 0.819. The minimum atomic E-state index is -0.279. The van der Waals surface area contributed by atoms with E-state index in [1.807, 2.05) is 31.2 Å². The maximum absolute atomic E-state index is 12.5. The minimum absolute atomic E-state index is 0.132. The Kier molecular flexibility index (Phi) is 4.35. The fourth-order valence-electron chi connectivity index (χ4n) is 3.32. The number of nitrogens with one attached hydrogen (secondary N) is 1. The first-order valence-corrected chi connectivity index (χ1v) is 8.82. The molecule has 1 aromatic carbocycles. The second-order valence-electron chi connectivity index (χ2n) is 6.71. The second-order valence-corrected chi connectivity index (χ2v) is 6.71. The van der Waals surface area contributed by atoms with E-state index in [0.29, 0.717) is 31.1 Å². The van der Waals surface area contributed by atoms with Gasteiger partial charge in [0, 0.05) is 25.6 Å². The topological polar surface area (TPSA) is 108 Å². The first-order chi connectivity index (χ1) is 13.0. The van der Waals surface area contributed by atoms with Crippen LogP contribution in [0.15, 0.2) is 33.6 Å². The zero-order chi connectivity index (χ0) is 19.0. The molecule has 1 aliphatic heterocycles. The lowest BCUT2D eigenvalue weighted by atomic mass is 9.98. The number of hydrogen-bond donors (Lipinski definition) is 1. The number of carbonyl (C=O) groups excluding carboxylic acids is 1. The van der Waals surface area contributed by atoms with Gasteiger partial charge in [-0.15, -0.1) is 0 Å². The van der Waals surface area contributed by atoms with Crippen molar-refractivity contribution in [3.63, 3.8) is 0 Å². The van der Waals surface area contributed by atoms with Crippen molar-refractivity contribution in [3.8, 4) is 11.4 Å². The van der Waals surface area contributed by atoms with Crippen LogP contribution in [0.1, 0.15) is 23.7 Å². The van der Waals surface area contributed by atoms with Gasteiger partial charge < -0.3 is 9.84 Å². The van der Waals surface area contributed by atoms with Gasteiger partial charge in [-0.2, -0.15) is 10.1 Å². The molecular formula is C18H20N6O3. The van der Waals surface area contributed by atoms with E-state index in [-0.39, 0.29) is 24.1 Å². The lowest BCUT2D eigenvalue weighted by Gasteiger charge is -2.21. The molecule has 1 aliphatic rings. The van der Waals surface area contributed by atoms with E-state index in [1.54, 1.807) is 11.6 Å². The van der Waals surface area contributed by atoms with E-state index >= 15 is 0 Å². The Morgan fingerprint density at radius 3 is 3.00 bits per heavy atom. The van der Waals surface area contributed by atoms with Gasteiger partial charge in [-0.1, -0.05) is 29.4 Å². The molecule has 0 bridgehead atoms. The molecule has 0 radical (unpaired) electrons. The third-order valence-corrected chi connectivity index (χ3v) is 4.84. The van der Waals surface area contributed by atoms with Crippen molar-refractivity contribution in [1.29, 1.82) is 0 Å². The van der Waals surface area contributed by atoms with Gasteiger partial charge in [0.15, 0.2) is 0 Å². The Morgan fingerprint density at radius 2 is 2.19 bits per heavy atom. The highest BCUT2D eigenvalue weighted by Gasteiger charge is 2.27. The SMILES string of the molecule is Cc1ccccc1-c1noc(CNC(=O)[C@@H]2CCc3nn(C)c(=O)n3C2)n1. The molecule has 4 rings (SSSR count). The number of carbonyl (C=O) groups is 1. The maximum Gasteiger partial charge on any atom is 0.345 e. The number of nitrogens with zero attached hydrogens (tertiary/aromatic N) is 5. The normalized spacial score (nSPS) is 16.1. The average molecular weight is 368 g/mol. The van der Waals surface area contributed by atoms with E-state index in [9.17, 15) is 9.59 Å². The lowest BCUT2D eigenvalue weighted by Crippen LogP contribution is -2.38. The van der Waals surface area contributed by atoms with Crippen LogP contribution in [0.2, 0.25) is 0 Å². The van der Waals surface area contributed by atoms with Crippen LogP contribution in [0.3, 0.4) is 0 Å². The van der Waals surface area contributed by atoms with Gasteiger partial charge >= 0.3 is 5.69 Å². The molecule has 27 heavy (non-hydrogen) atoms. The summed E-state index contributed by atoms with van der Waals surface area (Å²) in [4.78, 5) is 28.9. The largest absolute Gasteiger partial charge is 0.347 e. The molecule has 1 N–H and O–H groups in total. The molecule has 0 aliphatic carbocycles. The summed E-state index contributed by atoms with van der Waals surface area (Å²) >= 11 is 0. The summed E-state index contributed by atoms with van der Waals surface area (Å²) in [6.07, 6.45) is 1.26. The van der Waals surface area contributed by atoms with E-state index in [1.165, 1.54) is 4.68 Å². The number of fused-ring (bicyclic) bond motifs is 1. The highest BCUT2D eigenvalue weighted by molar-refractivity contribution is 5.78. The molecule has 9 heteroatoms. The van der Waals surface area contributed by atoms with Crippen LogP contribution in [0.4, 0.5) is 0 Å². The Bertz CT molecular complexity index is 1050. The molecular weight excluding hydrogens is 348 g/mol. The molecule has 1 amide bonds. The Morgan fingerprint density at radius 1 is 1.37 bits per heavy atom. The summed E-state index contributed by atoms with van der Waals surface area (Å²) in [5.74, 6) is 1.16. The highest BCUT2D eigenvalue weighted by atomic mass is 16.5. The number of aryl methyl sites for hydroxylation is 3. The van der Waals surface area contributed by atoms with Crippen LogP contribution in [-0.4, -0.2) is 30.4 Å². The van der Waals surface area contributed by atoms with Crippen molar-refractivity contribution in [1.82, 2.24) is 29.8 Å². The van der Waals surface area contributed by atoms with E-state index in [0.717, 1.165) is 17.0 Å².